The molecule has 0 amide bonds. The molecule has 2 saturated heterocycles. The van der Waals surface area contributed by atoms with Crippen molar-refractivity contribution in [2.75, 3.05) is 6.61 Å². The molecular weight excluding hydrogens is 314 g/mol. The number of nitrogens with zero attached hydrogens (tertiary/aromatic N) is 3. The smallest absolute Gasteiger partial charge is 0.218 e. The summed E-state index contributed by atoms with van der Waals surface area (Å²) in [5.74, 6) is 0.829. The monoisotopic (exact) mass is 331 g/mol. The number of aromatic nitrogens is 3. The van der Waals surface area contributed by atoms with Gasteiger partial charge in [-0.1, -0.05) is 30.3 Å². The predicted octanol–water partition coefficient (Wildman–Crippen LogP) is 1.80. The summed E-state index contributed by atoms with van der Waals surface area (Å²) in [6.07, 6.45) is 0.187. The highest BCUT2D eigenvalue weighted by Crippen LogP contribution is 2.32. The van der Waals surface area contributed by atoms with E-state index >= 15 is 0 Å². The molecule has 23 heavy (non-hydrogen) atoms. The normalized spacial score (nSPS) is 26.7. The molecule has 7 heteroatoms. The molecule has 0 saturated carbocycles. The van der Waals surface area contributed by atoms with Crippen molar-refractivity contribution in [3.8, 4) is 0 Å². The molecule has 3 heterocycles. The zero-order valence-electron chi connectivity index (χ0n) is 12.7. The lowest BCUT2D eigenvalue weighted by Crippen LogP contribution is -2.37. The Kier molecular flexibility index (Phi) is 3.63. The van der Waals surface area contributed by atoms with Crippen LogP contribution in [0.15, 0.2) is 30.3 Å². The van der Waals surface area contributed by atoms with Crippen molar-refractivity contribution in [3.05, 3.63) is 46.5 Å². The Morgan fingerprint density at radius 1 is 1.35 bits per heavy atom. The lowest BCUT2D eigenvalue weighted by Gasteiger charge is -2.26. The number of fused-ring (bicyclic) bond motifs is 2. The molecule has 120 valence electrons. The quantitative estimate of drug-likeness (QED) is 0.803. The number of Topliss-reactive ketones (excluding diaryl/α,β-unsaturated/α-hetero) is 1. The molecule has 0 radical (unpaired) electrons. The zero-order valence-corrected chi connectivity index (χ0v) is 13.5. The SMILES string of the molecule is Cn1c(Cc2ccccc2)nn([C@H]2CC(=O)[C@H]3OC[C@@H]2O3)c1=S. The summed E-state index contributed by atoms with van der Waals surface area (Å²) >= 11 is 5.52. The maximum atomic E-state index is 12.0. The lowest BCUT2D eigenvalue weighted by molar-refractivity contribution is -0.156. The van der Waals surface area contributed by atoms with E-state index in [4.69, 9.17) is 21.7 Å². The number of rotatable bonds is 3. The largest absolute Gasteiger partial charge is 0.343 e. The Hall–Kier alpha value is -1.83. The van der Waals surface area contributed by atoms with E-state index in [0.29, 0.717) is 24.2 Å². The highest BCUT2D eigenvalue weighted by atomic mass is 32.1. The van der Waals surface area contributed by atoms with Crippen LogP contribution in [-0.2, 0) is 27.7 Å². The van der Waals surface area contributed by atoms with Crippen LogP contribution < -0.4 is 0 Å². The third-order valence-corrected chi connectivity index (χ3v) is 4.89. The highest BCUT2D eigenvalue weighted by Gasteiger charge is 2.44. The van der Waals surface area contributed by atoms with E-state index < -0.39 is 6.29 Å². The number of ether oxygens (including phenoxy) is 2. The molecule has 0 N–H and O–H groups in total. The van der Waals surface area contributed by atoms with Crippen molar-refractivity contribution in [2.24, 2.45) is 7.05 Å². The highest BCUT2D eigenvalue weighted by molar-refractivity contribution is 7.71. The number of benzene rings is 1. The summed E-state index contributed by atoms with van der Waals surface area (Å²) in [7, 11) is 1.91. The fourth-order valence-electron chi connectivity index (χ4n) is 3.11. The van der Waals surface area contributed by atoms with Crippen LogP contribution >= 0.6 is 12.2 Å². The predicted molar refractivity (Wildman–Crippen MR) is 84.6 cm³/mol. The van der Waals surface area contributed by atoms with Gasteiger partial charge in [-0.15, -0.1) is 0 Å². The van der Waals surface area contributed by atoms with Gasteiger partial charge in [0.1, 0.15) is 11.9 Å². The minimum Gasteiger partial charge on any atom is -0.343 e. The van der Waals surface area contributed by atoms with Crippen molar-refractivity contribution in [2.45, 2.75) is 31.3 Å². The van der Waals surface area contributed by atoms with E-state index in [1.807, 2.05) is 29.8 Å². The van der Waals surface area contributed by atoms with Gasteiger partial charge < -0.3 is 14.0 Å². The second-order valence-corrected chi connectivity index (χ2v) is 6.31. The molecule has 0 unspecified atom stereocenters. The molecule has 0 spiro atoms. The van der Waals surface area contributed by atoms with Crippen LogP contribution in [0.25, 0.3) is 0 Å². The van der Waals surface area contributed by atoms with Gasteiger partial charge in [-0.05, 0) is 17.8 Å². The van der Waals surface area contributed by atoms with Crippen LogP contribution in [0.4, 0.5) is 0 Å². The van der Waals surface area contributed by atoms with Crippen LogP contribution in [0.1, 0.15) is 23.9 Å². The molecule has 0 aliphatic carbocycles. The summed E-state index contributed by atoms with van der Waals surface area (Å²) in [5.41, 5.74) is 1.17. The number of hydrogen-bond acceptors (Lipinski definition) is 5. The molecule has 2 aromatic rings. The molecule has 2 aliphatic rings. The summed E-state index contributed by atoms with van der Waals surface area (Å²) in [5, 5.41) is 4.67. The van der Waals surface area contributed by atoms with Gasteiger partial charge in [-0.3, -0.25) is 4.79 Å². The third kappa shape index (κ3) is 2.54. The fraction of sp³-hybridized carbons (Fsp3) is 0.438. The first-order valence-corrected chi connectivity index (χ1v) is 8.02. The number of carbonyl (C=O) groups is 1. The molecule has 2 bridgehead atoms. The minimum absolute atomic E-state index is 0.0408. The molecule has 2 fully saturated rings. The van der Waals surface area contributed by atoms with Crippen molar-refractivity contribution in [1.29, 1.82) is 0 Å². The molecule has 3 atom stereocenters. The van der Waals surface area contributed by atoms with Crippen molar-refractivity contribution < 1.29 is 14.3 Å². The average molecular weight is 331 g/mol. The van der Waals surface area contributed by atoms with Gasteiger partial charge in [-0.2, -0.15) is 5.10 Å². The number of ketones is 1. The van der Waals surface area contributed by atoms with Gasteiger partial charge in [0.05, 0.1) is 12.6 Å². The van der Waals surface area contributed by atoms with Crippen LogP contribution in [0, 0.1) is 4.77 Å². The van der Waals surface area contributed by atoms with Crippen molar-refractivity contribution >= 4 is 18.0 Å². The lowest BCUT2D eigenvalue weighted by atomic mass is 10.0. The van der Waals surface area contributed by atoms with E-state index in [0.717, 1.165) is 5.82 Å². The van der Waals surface area contributed by atoms with Crippen LogP contribution in [-0.4, -0.2) is 39.1 Å². The first kappa shape index (κ1) is 14.7. The standard InChI is InChI=1S/C16H17N3O3S/c1-18-14(7-10-5-3-2-4-6-10)17-19(16(18)23)11-8-12(20)15-21-9-13(11)22-15/h2-6,11,13,15H,7-9H2,1H3/t11-,13-,15-/m0/s1. The Bertz CT molecular complexity index is 799. The first-order chi connectivity index (χ1) is 11.1. The third-order valence-electron chi connectivity index (χ3n) is 4.43. The van der Waals surface area contributed by atoms with Crippen LogP contribution in [0.3, 0.4) is 0 Å². The number of hydrogen-bond donors (Lipinski definition) is 0. The van der Waals surface area contributed by atoms with E-state index in [-0.39, 0.29) is 17.9 Å². The fourth-order valence-corrected chi connectivity index (χ4v) is 3.40. The summed E-state index contributed by atoms with van der Waals surface area (Å²) in [4.78, 5) is 12.0. The van der Waals surface area contributed by atoms with Gasteiger partial charge in [-0.25, -0.2) is 4.68 Å². The molecule has 1 aromatic carbocycles. The van der Waals surface area contributed by atoms with E-state index in [9.17, 15) is 4.79 Å². The van der Waals surface area contributed by atoms with Gasteiger partial charge >= 0.3 is 0 Å². The molecule has 2 aliphatic heterocycles. The first-order valence-electron chi connectivity index (χ1n) is 7.61. The minimum atomic E-state index is -0.696. The zero-order chi connectivity index (χ0) is 16.0. The topological polar surface area (TPSA) is 58.3 Å². The molecular formula is C16H17N3O3S. The van der Waals surface area contributed by atoms with Gasteiger partial charge in [0.25, 0.3) is 0 Å². The van der Waals surface area contributed by atoms with Crippen LogP contribution in [0.5, 0.6) is 0 Å². The summed E-state index contributed by atoms with van der Waals surface area (Å²) < 4.78 is 15.2. The number of carbonyl (C=O) groups excluding carboxylic acids is 1. The van der Waals surface area contributed by atoms with Crippen molar-refractivity contribution in [1.82, 2.24) is 14.3 Å². The summed E-state index contributed by atoms with van der Waals surface area (Å²) in [6.45, 7) is 0.410. The van der Waals surface area contributed by atoms with Gasteiger partial charge in [0, 0.05) is 19.9 Å². The van der Waals surface area contributed by atoms with Gasteiger partial charge in [0.15, 0.2) is 10.6 Å². The van der Waals surface area contributed by atoms with Crippen molar-refractivity contribution in [3.63, 3.8) is 0 Å². The second kappa shape index (κ2) is 5.67. The molecule has 4 rings (SSSR count). The van der Waals surface area contributed by atoms with E-state index in [2.05, 4.69) is 17.2 Å². The Labute approximate surface area is 138 Å². The Balaban J connectivity index is 1.66. The molecule has 6 nitrogen and oxygen atoms in total. The summed E-state index contributed by atoms with van der Waals surface area (Å²) in [6, 6.07) is 9.93. The second-order valence-electron chi connectivity index (χ2n) is 5.94. The maximum absolute atomic E-state index is 12.0. The Morgan fingerprint density at radius 2 is 2.13 bits per heavy atom. The average Bonchev–Trinajstić information content (AvgIpc) is 3.11. The van der Waals surface area contributed by atoms with Crippen LogP contribution in [0.2, 0.25) is 0 Å². The van der Waals surface area contributed by atoms with E-state index in [1.54, 1.807) is 4.68 Å². The van der Waals surface area contributed by atoms with E-state index in [1.165, 1.54) is 5.56 Å². The molecule has 1 aromatic heterocycles. The Morgan fingerprint density at radius 3 is 2.91 bits per heavy atom. The maximum Gasteiger partial charge on any atom is 0.218 e. The van der Waals surface area contributed by atoms with Gasteiger partial charge in [0.2, 0.25) is 6.29 Å².